The van der Waals surface area contributed by atoms with E-state index in [9.17, 15) is 22.4 Å². The molecule has 0 amide bonds. The fraction of sp³-hybridized carbons (Fsp3) is 0. The number of rotatable bonds is 5. The van der Waals surface area contributed by atoms with Crippen LogP contribution in [0.2, 0.25) is 0 Å². The van der Waals surface area contributed by atoms with Crippen molar-refractivity contribution >= 4 is 6.29 Å². The molecule has 3 aromatic rings. The maximum atomic E-state index is 13.7. The number of carbonyl (C=O) groups excluding carboxylic acids is 1. The Morgan fingerprint density at radius 1 is 0.654 bits per heavy atom. The molecule has 0 unspecified atom stereocenters. The van der Waals surface area contributed by atoms with Gasteiger partial charge in [-0.05, 0) is 36.4 Å². The van der Waals surface area contributed by atoms with Crippen LogP contribution in [-0.2, 0) is 0 Å². The summed E-state index contributed by atoms with van der Waals surface area (Å²) in [5.41, 5.74) is -0.125. The zero-order valence-corrected chi connectivity index (χ0v) is 13.0. The van der Waals surface area contributed by atoms with Crippen molar-refractivity contribution in [2.45, 2.75) is 0 Å². The van der Waals surface area contributed by atoms with Gasteiger partial charge in [0.25, 0.3) is 0 Å². The Morgan fingerprint density at radius 3 is 1.50 bits per heavy atom. The molecule has 0 heterocycles. The summed E-state index contributed by atoms with van der Waals surface area (Å²) < 4.78 is 64.0. The zero-order valence-electron chi connectivity index (χ0n) is 13.0. The average Bonchev–Trinajstić information content (AvgIpc) is 2.60. The largest absolute Gasteiger partial charge is 0.453 e. The molecule has 26 heavy (non-hydrogen) atoms. The Hall–Kier alpha value is -3.35. The van der Waals surface area contributed by atoms with E-state index in [1.165, 1.54) is 18.2 Å². The number of benzene rings is 3. The van der Waals surface area contributed by atoms with Crippen LogP contribution < -0.4 is 9.47 Å². The standard InChI is InChI=1S/C19H10F4O3/c20-11-4-6-18(14(22)8-11)25-16-2-1-3-17(13(16)10-24)26-19-7-5-12(21)9-15(19)23/h1-10H. The first kappa shape index (κ1) is 17.5. The third-order valence-corrected chi connectivity index (χ3v) is 3.37. The quantitative estimate of drug-likeness (QED) is 0.435. The van der Waals surface area contributed by atoms with Crippen molar-refractivity contribution in [1.29, 1.82) is 0 Å². The number of carbonyl (C=O) groups is 1. The number of hydrogen-bond acceptors (Lipinski definition) is 3. The van der Waals surface area contributed by atoms with E-state index in [4.69, 9.17) is 9.47 Å². The Kier molecular flexibility index (Phi) is 4.88. The van der Waals surface area contributed by atoms with Gasteiger partial charge >= 0.3 is 0 Å². The molecule has 0 saturated heterocycles. The number of aldehydes is 1. The molecule has 3 nitrogen and oxygen atoms in total. The van der Waals surface area contributed by atoms with Crippen LogP contribution in [0.15, 0.2) is 54.6 Å². The van der Waals surface area contributed by atoms with E-state index in [1.807, 2.05) is 0 Å². The van der Waals surface area contributed by atoms with E-state index in [0.29, 0.717) is 18.4 Å². The van der Waals surface area contributed by atoms with Gasteiger partial charge in [-0.3, -0.25) is 4.79 Å². The predicted octanol–water partition coefficient (Wildman–Crippen LogP) is 5.64. The van der Waals surface area contributed by atoms with Crippen LogP contribution >= 0.6 is 0 Å². The molecular weight excluding hydrogens is 352 g/mol. The summed E-state index contributed by atoms with van der Waals surface area (Å²) in [6.07, 6.45) is 0.382. The monoisotopic (exact) mass is 362 g/mol. The summed E-state index contributed by atoms with van der Waals surface area (Å²) in [5.74, 6) is -4.26. The van der Waals surface area contributed by atoms with Crippen molar-refractivity contribution in [2.75, 3.05) is 0 Å². The summed E-state index contributed by atoms with van der Waals surface area (Å²) in [7, 11) is 0. The molecule has 7 heteroatoms. The van der Waals surface area contributed by atoms with E-state index in [1.54, 1.807) is 0 Å². The van der Waals surface area contributed by atoms with E-state index in [2.05, 4.69) is 0 Å². The molecule has 0 bridgehead atoms. The van der Waals surface area contributed by atoms with E-state index in [-0.39, 0.29) is 28.6 Å². The lowest BCUT2D eigenvalue weighted by molar-refractivity contribution is 0.111. The molecular formula is C19H10F4O3. The molecule has 0 saturated carbocycles. The van der Waals surface area contributed by atoms with Crippen molar-refractivity contribution in [1.82, 2.24) is 0 Å². The minimum Gasteiger partial charge on any atom is -0.453 e. The number of hydrogen-bond donors (Lipinski definition) is 0. The molecule has 0 aromatic heterocycles. The number of halogens is 4. The van der Waals surface area contributed by atoms with Gasteiger partial charge in [-0.1, -0.05) is 6.07 Å². The van der Waals surface area contributed by atoms with Gasteiger partial charge < -0.3 is 9.47 Å². The summed E-state index contributed by atoms with van der Waals surface area (Å²) in [5, 5.41) is 0. The van der Waals surface area contributed by atoms with Gasteiger partial charge in [-0.2, -0.15) is 0 Å². The highest BCUT2D eigenvalue weighted by molar-refractivity contribution is 5.84. The van der Waals surface area contributed by atoms with Crippen molar-refractivity contribution < 1.29 is 31.8 Å². The Labute approximate surface area is 145 Å². The van der Waals surface area contributed by atoms with Gasteiger partial charge in [0.2, 0.25) is 0 Å². The fourth-order valence-corrected chi connectivity index (χ4v) is 2.17. The second-order valence-electron chi connectivity index (χ2n) is 5.14. The van der Waals surface area contributed by atoms with Gasteiger partial charge in [0.05, 0.1) is 5.56 Å². The molecule has 0 aliphatic carbocycles. The van der Waals surface area contributed by atoms with E-state index >= 15 is 0 Å². The van der Waals surface area contributed by atoms with Crippen LogP contribution in [-0.4, -0.2) is 6.29 Å². The minimum atomic E-state index is -0.960. The molecule has 0 fully saturated rings. The SMILES string of the molecule is O=Cc1c(Oc2ccc(F)cc2F)cccc1Oc1ccc(F)cc1F. The molecule has 0 radical (unpaired) electrons. The van der Waals surface area contributed by atoms with Crippen LogP contribution in [0.3, 0.4) is 0 Å². The minimum absolute atomic E-state index is 0.0782. The zero-order chi connectivity index (χ0) is 18.7. The summed E-state index contributed by atoms with van der Waals surface area (Å²) in [4.78, 5) is 11.4. The molecule has 0 spiro atoms. The maximum absolute atomic E-state index is 13.7. The summed E-state index contributed by atoms with van der Waals surface area (Å²) in [6, 6.07) is 9.52. The first-order valence-corrected chi connectivity index (χ1v) is 7.32. The van der Waals surface area contributed by atoms with Crippen molar-refractivity contribution in [3.8, 4) is 23.0 Å². The Balaban J connectivity index is 1.95. The van der Waals surface area contributed by atoms with Crippen LogP contribution in [0, 0.1) is 23.3 Å². The Bertz CT molecular complexity index is 901. The molecule has 0 aliphatic rings. The molecule has 0 aliphatic heterocycles. The molecule has 0 atom stereocenters. The highest BCUT2D eigenvalue weighted by atomic mass is 19.1. The van der Waals surface area contributed by atoms with Crippen molar-refractivity contribution in [2.24, 2.45) is 0 Å². The first-order chi connectivity index (χ1) is 12.5. The predicted molar refractivity (Wildman–Crippen MR) is 84.7 cm³/mol. The van der Waals surface area contributed by atoms with E-state index < -0.39 is 23.3 Å². The van der Waals surface area contributed by atoms with Crippen molar-refractivity contribution in [3.63, 3.8) is 0 Å². The highest BCUT2D eigenvalue weighted by Gasteiger charge is 2.15. The molecule has 3 aromatic carbocycles. The van der Waals surface area contributed by atoms with Gasteiger partial charge in [0.1, 0.15) is 23.1 Å². The first-order valence-electron chi connectivity index (χ1n) is 7.32. The summed E-state index contributed by atoms with van der Waals surface area (Å²) in [6.45, 7) is 0. The van der Waals surface area contributed by atoms with Crippen LogP contribution in [0.5, 0.6) is 23.0 Å². The van der Waals surface area contributed by atoms with Crippen LogP contribution in [0.25, 0.3) is 0 Å². The lowest BCUT2D eigenvalue weighted by atomic mass is 10.2. The van der Waals surface area contributed by atoms with Crippen LogP contribution in [0.1, 0.15) is 10.4 Å². The van der Waals surface area contributed by atoms with Gasteiger partial charge in [-0.25, -0.2) is 17.6 Å². The molecule has 0 N–H and O–H groups in total. The maximum Gasteiger partial charge on any atom is 0.168 e. The van der Waals surface area contributed by atoms with Gasteiger partial charge in [0.15, 0.2) is 29.4 Å². The third kappa shape index (κ3) is 3.66. The smallest absolute Gasteiger partial charge is 0.168 e. The van der Waals surface area contributed by atoms with Crippen LogP contribution in [0.4, 0.5) is 17.6 Å². The third-order valence-electron chi connectivity index (χ3n) is 3.37. The summed E-state index contributed by atoms with van der Waals surface area (Å²) >= 11 is 0. The van der Waals surface area contributed by atoms with Crippen molar-refractivity contribution in [3.05, 3.63) is 83.4 Å². The normalized spacial score (nSPS) is 10.5. The fourth-order valence-electron chi connectivity index (χ4n) is 2.17. The lowest BCUT2D eigenvalue weighted by Crippen LogP contribution is -1.97. The highest BCUT2D eigenvalue weighted by Crippen LogP contribution is 2.35. The average molecular weight is 362 g/mol. The van der Waals surface area contributed by atoms with E-state index in [0.717, 1.165) is 24.3 Å². The Morgan fingerprint density at radius 2 is 1.12 bits per heavy atom. The topological polar surface area (TPSA) is 35.5 Å². The second-order valence-corrected chi connectivity index (χ2v) is 5.14. The van der Waals surface area contributed by atoms with Gasteiger partial charge in [-0.15, -0.1) is 0 Å². The van der Waals surface area contributed by atoms with Gasteiger partial charge in [0, 0.05) is 12.1 Å². The molecule has 3 rings (SSSR count). The lowest BCUT2D eigenvalue weighted by Gasteiger charge is -2.13. The number of ether oxygens (including phenoxy) is 2. The molecule has 132 valence electrons. The second kappa shape index (κ2) is 7.26.